The molecule has 0 spiro atoms. The van der Waals surface area contributed by atoms with Gasteiger partial charge in [-0.3, -0.25) is 14.7 Å². The number of hydrogen-bond acceptors (Lipinski definition) is 3. The minimum atomic E-state index is -0.259. The molecule has 3 fully saturated rings. The van der Waals surface area contributed by atoms with Crippen molar-refractivity contribution in [3.8, 4) is 0 Å². The van der Waals surface area contributed by atoms with Gasteiger partial charge in [0.15, 0.2) is 0 Å². The number of amides is 2. The van der Waals surface area contributed by atoms with Gasteiger partial charge in [-0.2, -0.15) is 5.10 Å². The lowest BCUT2D eigenvalue weighted by Gasteiger charge is -2.32. The van der Waals surface area contributed by atoms with Crippen molar-refractivity contribution in [2.24, 2.45) is 0 Å². The molecule has 1 aromatic heterocycles. The molecule has 1 aliphatic heterocycles. The molecule has 2 aliphatic carbocycles. The molecule has 0 radical (unpaired) electrons. The average molecular weight is 316 g/mol. The Bertz CT molecular complexity index is 663. The van der Waals surface area contributed by atoms with E-state index in [0.29, 0.717) is 5.69 Å². The topological polar surface area (TPSA) is 78.1 Å². The minimum absolute atomic E-state index is 0.108. The van der Waals surface area contributed by atoms with Crippen molar-refractivity contribution in [2.45, 2.75) is 69.4 Å². The quantitative estimate of drug-likeness (QED) is 0.891. The summed E-state index contributed by atoms with van der Waals surface area (Å²) < 4.78 is 0. The van der Waals surface area contributed by atoms with Crippen LogP contribution in [0.25, 0.3) is 0 Å². The molecule has 2 unspecified atom stereocenters. The molecular formula is C17H24N4O2. The Balaban J connectivity index is 1.52. The summed E-state index contributed by atoms with van der Waals surface area (Å²) >= 11 is 0. The van der Waals surface area contributed by atoms with E-state index in [0.717, 1.165) is 50.8 Å². The van der Waals surface area contributed by atoms with Crippen LogP contribution in [0.15, 0.2) is 6.07 Å². The molecule has 1 aromatic rings. The average Bonchev–Trinajstić information content (AvgIpc) is 2.91. The standard InChI is InChI=1S/C17H24N4O2/c1-11(22)21-9-8-17(5-3-4-14(17)21)18-15(23)12-10-13(20-19-12)16(2)6-7-16/h10,14H,3-9H2,1-2H3,(H,18,23)(H,19,20). The molecule has 3 aliphatic rings. The van der Waals surface area contributed by atoms with Crippen molar-refractivity contribution in [3.63, 3.8) is 0 Å². The summed E-state index contributed by atoms with van der Waals surface area (Å²) in [6.45, 7) is 4.55. The van der Waals surface area contributed by atoms with Crippen LogP contribution < -0.4 is 5.32 Å². The van der Waals surface area contributed by atoms with Gasteiger partial charge in [0.1, 0.15) is 5.69 Å². The van der Waals surface area contributed by atoms with Gasteiger partial charge in [0.05, 0.1) is 11.6 Å². The normalized spacial score (nSPS) is 31.0. The van der Waals surface area contributed by atoms with Crippen molar-refractivity contribution >= 4 is 11.8 Å². The predicted octanol–water partition coefficient (Wildman–Crippen LogP) is 1.73. The summed E-state index contributed by atoms with van der Waals surface area (Å²) in [5.74, 6) is -0.00853. The smallest absolute Gasteiger partial charge is 0.272 e. The van der Waals surface area contributed by atoms with Crippen LogP contribution in [0.2, 0.25) is 0 Å². The largest absolute Gasteiger partial charge is 0.343 e. The van der Waals surface area contributed by atoms with E-state index in [1.165, 1.54) is 0 Å². The van der Waals surface area contributed by atoms with Gasteiger partial charge in [-0.15, -0.1) is 0 Å². The van der Waals surface area contributed by atoms with Gasteiger partial charge in [-0.05, 0) is 44.6 Å². The Morgan fingerprint density at radius 2 is 2.13 bits per heavy atom. The summed E-state index contributed by atoms with van der Waals surface area (Å²) in [5, 5.41) is 10.5. The van der Waals surface area contributed by atoms with Crippen LogP contribution in [0.5, 0.6) is 0 Å². The Kier molecular flexibility index (Phi) is 3.09. The molecule has 2 saturated carbocycles. The third-order valence-electron chi connectivity index (χ3n) is 6.14. The Hall–Kier alpha value is -1.85. The zero-order chi connectivity index (χ0) is 16.2. The second kappa shape index (κ2) is 4.82. The first kappa shape index (κ1) is 14.7. The van der Waals surface area contributed by atoms with E-state index in [4.69, 9.17) is 0 Å². The summed E-state index contributed by atoms with van der Waals surface area (Å²) in [6, 6.07) is 2.03. The Morgan fingerprint density at radius 3 is 2.83 bits per heavy atom. The van der Waals surface area contributed by atoms with Crippen LogP contribution in [0.1, 0.15) is 68.6 Å². The van der Waals surface area contributed by atoms with E-state index >= 15 is 0 Å². The van der Waals surface area contributed by atoms with E-state index in [2.05, 4.69) is 22.4 Å². The molecule has 2 amide bonds. The molecule has 6 heteroatoms. The van der Waals surface area contributed by atoms with Crippen LogP contribution in [0.3, 0.4) is 0 Å². The fourth-order valence-corrected chi connectivity index (χ4v) is 4.35. The third kappa shape index (κ3) is 2.26. The number of nitrogens with one attached hydrogen (secondary N) is 2. The van der Waals surface area contributed by atoms with E-state index in [1.54, 1.807) is 6.92 Å². The number of fused-ring (bicyclic) bond motifs is 1. The monoisotopic (exact) mass is 316 g/mol. The van der Waals surface area contributed by atoms with Gasteiger partial charge in [0.2, 0.25) is 5.91 Å². The number of carbonyl (C=O) groups excluding carboxylic acids is 2. The van der Waals surface area contributed by atoms with Gasteiger partial charge in [0, 0.05) is 24.6 Å². The lowest BCUT2D eigenvalue weighted by molar-refractivity contribution is -0.130. The predicted molar refractivity (Wildman–Crippen MR) is 85.0 cm³/mol. The lowest BCUT2D eigenvalue weighted by Crippen LogP contribution is -2.54. The second-order valence-electron chi connectivity index (χ2n) is 7.71. The first-order valence-corrected chi connectivity index (χ1v) is 8.59. The van der Waals surface area contributed by atoms with Crippen LogP contribution in [-0.2, 0) is 10.2 Å². The zero-order valence-corrected chi connectivity index (χ0v) is 13.8. The van der Waals surface area contributed by atoms with Gasteiger partial charge in [0.25, 0.3) is 5.91 Å². The number of aromatic nitrogens is 2. The van der Waals surface area contributed by atoms with Crippen molar-refractivity contribution in [3.05, 3.63) is 17.5 Å². The number of nitrogens with zero attached hydrogens (tertiary/aromatic N) is 2. The summed E-state index contributed by atoms with van der Waals surface area (Å²) in [4.78, 5) is 26.4. The van der Waals surface area contributed by atoms with Crippen molar-refractivity contribution in [1.82, 2.24) is 20.4 Å². The molecule has 23 heavy (non-hydrogen) atoms. The van der Waals surface area contributed by atoms with Crippen LogP contribution in [0, 0.1) is 0 Å². The van der Waals surface area contributed by atoms with E-state index in [-0.39, 0.29) is 28.8 Å². The molecular weight excluding hydrogens is 292 g/mol. The number of rotatable bonds is 3. The van der Waals surface area contributed by atoms with Crippen molar-refractivity contribution in [2.75, 3.05) is 6.54 Å². The van der Waals surface area contributed by atoms with Crippen molar-refractivity contribution in [1.29, 1.82) is 0 Å². The van der Waals surface area contributed by atoms with Gasteiger partial charge < -0.3 is 10.2 Å². The molecule has 0 aromatic carbocycles. The van der Waals surface area contributed by atoms with Gasteiger partial charge in [-0.25, -0.2) is 0 Å². The summed E-state index contributed by atoms with van der Waals surface area (Å²) in [7, 11) is 0. The maximum Gasteiger partial charge on any atom is 0.272 e. The lowest BCUT2D eigenvalue weighted by atomic mass is 9.92. The van der Waals surface area contributed by atoms with E-state index < -0.39 is 0 Å². The molecule has 2 N–H and O–H groups in total. The molecule has 124 valence electrons. The number of likely N-dealkylation sites (tertiary alicyclic amines) is 1. The maximum atomic E-state index is 12.7. The number of aromatic amines is 1. The van der Waals surface area contributed by atoms with Crippen LogP contribution in [0.4, 0.5) is 0 Å². The molecule has 0 bridgehead atoms. The first-order valence-electron chi connectivity index (χ1n) is 8.59. The number of H-pyrrole nitrogens is 1. The number of carbonyl (C=O) groups is 2. The van der Waals surface area contributed by atoms with Crippen LogP contribution >= 0.6 is 0 Å². The third-order valence-corrected chi connectivity index (χ3v) is 6.14. The van der Waals surface area contributed by atoms with Gasteiger partial charge >= 0.3 is 0 Å². The Morgan fingerprint density at radius 1 is 1.35 bits per heavy atom. The molecule has 1 saturated heterocycles. The fourth-order valence-electron chi connectivity index (χ4n) is 4.35. The van der Waals surface area contributed by atoms with Crippen LogP contribution in [-0.4, -0.2) is 45.0 Å². The summed E-state index contributed by atoms with van der Waals surface area (Å²) in [6.07, 6.45) is 6.12. The van der Waals surface area contributed by atoms with Crippen molar-refractivity contribution < 1.29 is 9.59 Å². The maximum absolute atomic E-state index is 12.7. The zero-order valence-electron chi connectivity index (χ0n) is 13.8. The Labute approximate surface area is 136 Å². The van der Waals surface area contributed by atoms with E-state index in [1.807, 2.05) is 11.0 Å². The fraction of sp³-hybridized carbons (Fsp3) is 0.706. The molecule has 2 heterocycles. The number of hydrogen-bond donors (Lipinski definition) is 2. The first-order chi connectivity index (χ1) is 10.9. The highest BCUT2D eigenvalue weighted by molar-refractivity contribution is 5.93. The van der Waals surface area contributed by atoms with Gasteiger partial charge in [-0.1, -0.05) is 6.92 Å². The molecule has 2 atom stereocenters. The highest BCUT2D eigenvalue weighted by Crippen LogP contribution is 2.47. The second-order valence-corrected chi connectivity index (χ2v) is 7.71. The highest BCUT2D eigenvalue weighted by Gasteiger charge is 2.52. The molecule has 4 rings (SSSR count). The SMILES string of the molecule is CC(=O)N1CCC2(NC(=O)c3cc(C4(C)CC4)[nH]n3)CCCC12. The van der Waals surface area contributed by atoms with E-state index in [9.17, 15) is 9.59 Å². The summed E-state index contributed by atoms with van der Waals surface area (Å²) in [5.41, 5.74) is 1.44. The molecule has 6 nitrogen and oxygen atoms in total. The minimum Gasteiger partial charge on any atom is -0.343 e. The highest BCUT2D eigenvalue weighted by atomic mass is 16.2.